The Kier molecular flexibility index (Phi) is 5.99. The summed E-state index contributed by atoms with van der Waals surface area (Å²) in [7, 11) is 1.97. The fourth-order valence-electron chi connectivity index (χ4n) is 2.88. The molecule has 1 atom stereocenters. The van der Waals surface area contributed by atoms with E-state index in [-0.39, 0.29) is 12.0 Å². The molecule has 0 aliphatic carbocycles. The van der Waals surface area contributed by atoms with Crippen LogP contribution in [0.3, 0.4) is 0 Å². The number of aromatic nitrogens is 2. The Morgan fingerprint density at radius 2 is 2.28 bits per heavy atom. The molecule has 1 amide bonds. The molecule has 6 nitrogen and oxygen atoms in total. The van der Waals surface area contributed by atoms with E-state index < -0.39 is 0 Å². The van der Waals surface area contributed by atoms with E-state index in [1.807, 2.05) is 42.9 Å². The SMILES string of the molecule is CC1CN(CC(=O)NCCSc2nccn2C)Cc2ccccc2O1. The summed E-state index contributed by atoms with van der Waals surface area (Å²) in [5, 5.41) is 3.95. The van der Waals surface area contributed by atoms with Gasteiger partial charge in [-0.25, -0.2) is 4.98 Å². The Morgan fingerprint density at radius 3 is 3.08 bits per heavy atom. The lowest BCUT2D eigenvalue weighted by atomic mass is 10.2. The summed E-state index contributed by atoms with van der Waals surface area (Å²) < 4.78 is 7.91. The van der Waals surface area contributed by atoms with E-state index in [4.69, 9.17) is 4.74 Å². The zero-order valence-corrected chi connectivity index (χ0v) is 15.5. The summed E-state index contributed by atoms with van der Waals surface area (Å²) in [6.07, 6.45) is 3.76. The highest BCUT2D eigenvalue weighted by Gasteiger charge is 2.21. The van der Waals surface area contributed by atoms with Crippen LogP contribution in [-0.2, 0) is 18.4 Å². The maximum Gasteiger partial charge on any atom is 0.234 e. The minimum absolute atomic E-state index is 0.0482. The van der Waals surface area contributed by atoms with E-state index in [2.05, 4.69) is 21.3 Å². The van der Waals surface area contributed by atoms with Gasteiger partial charge < -0.3 is 14.6 Å². The lowest BCUT2D eigenvalue weighted by Gasteiger charge is -2.21. The van der Waals surface area contributed by atoms with Crippen LogP contribution >= 0.6 is 11.8 Å². The van der Waals surface area contributed by atoms with Crippen LogP contribution in [0, 0.1) is 0 Å². The number of carbonyl (C=O) groups is 1. The third-order valence-corrected chi connectivity index (χ3v) is 5.07. The van der Waals surface area contributed by atoms with Crippen molar-refractivity contribution in [3.8, 4) is 5.75 Å². The molecule has 0 radical (unpaired) electrons. The number of amides is 1. The first-order chi connectivity index (χ1) is 12.1. The molecule has 3 rings (SSSR count). The van der Waals surface area contributed by atoms with Crippen molar-refractivity contribution in [1.29, 1.82) is 0 Å². The van der Waals surface area contributed by atoms with Crippen molar-refractivity contribution in [2.24, 2.45) is 7.05 Å². The molecule has 7 heteroatoms. The van der Waals surface area contributed by atoms with Crippen LogP contribution < -0.4 is 10.1 Å². The molecule has 1 aliphatic heterocycles. The molecule has 0 saturated carbocycles. The standard InChI is InChI=1S/C18H24N4O2S/c1-14-11-22(12-15-5-3-4-6-16(15)24-14)13-17(23)19-8-10-25-18-20-7-9-21(18)2/h3-7,9,14H,8,10-13H2,1-2H3,(H,19,23). The largest absolute Gasteiger partial charge is 0.489 e. The highest BCUT2D eigenvalue weighted by Crippen LogP contribution is 2.24. The number of carbonyl (C=O) groups excluding carboxylic acids is 1. The van der Waals surface area contributed by atoms with Crippen LogP contribution in [0.2, 0.25) is 0 Å². The van der Waals surface area contributed by atoms with Crippen LogP contribution in [0.1, 0.15) is 12.5 Å². The maximum atomic E-state index is 12.2. The van der Waals surface area contributed by atoms with E-state index in [0.717, 1.165) is 35.3 Å². The second kappa shape index (κ2) is 8.40. The fourth-order valence-corrected chi connectivity index (χ4v) is 3.66. The van der Waals surface area contributed by atoms with Crippen LogP contribution in [0.5, 0.6) is 5.75 Å². The summed E-state index contributed by atoms with van der Waals surface area (Å²) in [5.74, 6) is 1.77. The Bertz CT molecular complexity index is 719. The summed E-state index contributed by atoms with van der Waals surface area (Å²) in [4.78, 5) is 18.6. The minimum atomic E-state index is 0.0482. The number of fused-ring (bicyclic) bond motifs is 1. The zero-order chi connectivity index (χ0) is 17.6. The number of imidazole rings is 1. The highest BCUT2D eigenvalue weighted by atomic mass is 32.2. The Hall–Kier alpha value is -1.99. The third kappa shape index (κ3) is 4.99. The summed E-state index contributed by atoms with van der Waals surface area (Å²) in [6.45, 7) is 4.53. The van der Waals surface area contributed by atoms with Gasteiger partial charge in [0.25, 0.3) is 0 Å². The molecule has 0 fully saturated rings. The van der Waals surface area contributed by atoms with Crippen molar-refractivity contribution in [3.63, 3.8) is 0 Å². The molecule has 2 heterocycles. The molecule has 134 valence electrons. The lowest BCUT2D eigenvalue weighted by molar-refractivity contribution is -0.122. The molecule has 0 bridgehead atoms. The van der Waals surface area contributed by atoms with E-state index in [1.54, 1.807) is 18.0 Å². The van der Waals surface area contributed by atoms with Crippen LogP contribution in [0.4, 0.5) is 0 Å². The van der Waals surface area contributed by atoms with Gasteiger partial charge in [-0.3, -0.25) is 9.69 Å². The van der Waals surface area contributed by atoms with Gasteiger partial charge in [-0.1, -0.05) is 30.0 Å². The van der Waals surface area contributed by atoms with E-state index >= 15 is 0 Å². The van der Waals surface area contributed by atoms with Crippen LogP contribution in [0.15, 0.2) is 41.8 Å². The summed E-state index contributed by atoms with van der Waals surface area (Å²) >= 11 is 1.64. The predicted molar refractivity (Wildman–Crippen MR) is 98.8 cm³/mol. The van der Waals surface area contributed by atoms with Gasteiger partial charge in [-0.15, -0.1) is 0 Å². The van der Waals surface area contributed by atoms with Crippen LogP contribution in [0.25, 0.3) is 0 Å². The number of para-hydroxylation sites is 1. The van der Waals surface area contributed by atoms with Crippen molar-refractivity contribution in [1.82, 2.24) is 19.8 Å². The van der Waals surface area contributed by atoms with Gasteiger partial charge in [0.15, 0.2) is 5.16 Å². The first-order valence-electron chi connectivity index (χ1n) is 8.45. The molecule has 1 aromatic carbocycles. The minimum Gasteiger partial charge on any atom is -0.489 e. The normalized spacial score (nSPS) is 17.4. The number of nitrogens with one attached hydrogen (secondary N) is 1. The summed E-state index contributed by atoms with van der Waals surface area (Å²) in [5.41, 5.74) is 1.13. The highest BCUT2D eigenvalue weighted by molar-refractivity contribution is 7.99. The monoisotopic (exact) mass is 360 g/mol. The molecular formula is C18H24N4O2S. The van der Waals surface area contributed by atoms with E-state index in [0.29, 0.717) is 13.1 Å². The van der Waals surface area contributed by atoms with Crippen molar-refractivity contribution in [2.75, 3.05) is 25.4 Å². The van der Waals surface area contributed by atoms with Crippen molar-refractivity contribution in [2.45, 2.75) is 24.7 Å². The number of aryl methyl sites for hydroxylation is 1. The molecule has 1 aliphatic rings. The zero-order valence-electron chi connectivity index (χ0n) is 14.6. The molecular weight excluding hydrogens is 336 g/mol. The van der Waals surface area contributed by atoms with Gasteiger partial charge in [0.1, 0.15) is 11.9 Å². The molecule has 1 unspecified atom stereocenters. The first-order valence-corrected chi connectivity index (χ1v) is 9.44. The Balaban J connectivity index is 1.45. The van der Waals surface area contributed by atoms with E-state index in [9.17, 15) is 4.79 Å². The number of benzene rings is 1. The van der Waals surface area contributed by atoms with Crippen LogP contribution in [-0.4, -0.2) is 51.8 Å². The fraction of sp³-hybridized carbons (Fsp3) is 0.444. The Morgan fingerprint density at radius 1 is 1.44 bits per heavy atom. The molecule has 0 saturated heterocycles. The number of hydrogen-bond acceptors (Lipinski definition) is 5. The predicted octanol–water partition coefficient (Wildman–Crippen LogP) is 1.91. The second-order valence-electron chi connectivity index (χ2n) is 6.22. The number of thioether (sulfide) groups is 1. The molecule has 1 aromatic heterocycles. The van der Waals surface area contributed by atoms with Gasteiger partial charge >= 0.3 is 0 Å². The number of rotatable bonds is 6. The molecule has 0 spiro atoms. The third-order valence-electron chi connectivity index (χ3n) is 4.01. The number of ether oxygens (including phenoxy) is 1. The molecule has 1 N–H and O–H groups in total. The second-order valence-corrected chi connectivity index (χ2v) is 7.29. The smallest absolute Gasteiger partial charge is 0.234 e. The molecule has 25 heavy (non-hydrogen) atoms. The quantitative estimate of drug-likeness (QED) is 0.630. The Labute approximate surface area is 152 Å². The van der Waals surface area contributed by atoms with Gasteiger partial charge in [-0.05, 0) is 13.0 Å². The van der Waals surface area contributed by atoms with Gasteiger partial charge in [0, 0.05) is 50.4 Å². The summed E-state index contributed by atoms with van der Waals surface area (Å²) in [6, 6.07) is 8.03. The van der Waals surface area contributed by atoms with E-state index in [1.165, 1.54) is 0 Å². The van der Waals surface area contributed by atoms with Crippen molar-refractivity contribution >= 4 is 17.7 Å². The lowest BCUT2D eigenvalue weighted by Crippen LogP contribution is -2.40. The van der Waals surface area contributed by atoms with Gasteiger partial charge in [0.05, 0.1) is 6.54 Å². The van der Waals surface area contributed by atoms with Gasteiger partial charge in [-0.2, -0.15) is 0 Å². The average Bonchev–Trinajstić information content (AvgIpc) is 2.90. The number of nitrogens with zero attached hydrogens (tertiary/aromatic N) is 3. The maximum absolute atomic E-state index is 12.2. The molecule has 2 aromatic rings. The van der Waals surface area contributed by atoms with Gasteiger partial charge in [0.2, 0.25) is 5.91 Å². The average molecular weight is 360 g/mol. The topological polar surface area (TPSA) is 59.4 Å². The first kappa shape index (κ1) is 17.8. The number of hydrogen-bond donors (Lipinski definition) is 1. The van der Waals surface area contributed by atoms with Crippen molar-refractivity contribution in [3.05, 3.63) is 42.2 Å². The van der Waals surface area contributed by atoms with Crippen molar-refractivity contribution < 1.29 is 9.53 Å².